The van der Waals surface area contributed by atoms with Crippen molar-refractivity contribution in [3.8, 4) is 0 Å². The first-order valence-electron chi connectivity index (χ1n) is 6.62. The van der Waals surface area contributed by atoms with Gasteiger partial charge in [-0.15, -0.1) is 0 Å². The van der Waals surface area contributed by atoms with Crippen LogP contribution in [0.3, 0.4) is 0 Å². The van der Waals surface area contributed by atoms with Crippen LogP contribution in [-0.4, -0.2) is 31.8 Å². The first-order valence-corrected chi connectivity index (χ1v) is 6.62. The fourth-order valence-corrected chi connectivity index (χ4v) is 1.28. The number of esters is 1. The summed E-state index contributed by atoms with van der Waals surface area (Å²) in [6.07, 6.45) is 2.60. The second-order valence-electron chi connectivity index (χ2n) is 4.53. The summed E-state index contributed by atoms with van der Waals surface area (Å²) in [6.45, 7) is 7.24. The number of carbonyl (C=O) groups excluding carboxylic acids is 2. The van der Waals surface area contributed by atoms with Crippen molar-refractivity contribution in [2.75, 3.05) is 19.8 Å². The molecule has 0 bridgehead atoms. The Morgan fingerprint density at radius 2 is 1.83 bits per heavy atom. The van der Waals surface area contributed by atoms with Gasteiger partial charge >= 0.3 is 12.1 Å². The number of rotatable bonds is 9. The number of unbranched alkanes of at least 4 members (excludes halogenated alkanes) is 2. The van der Waals surface area contributed by atoms with Crippen LogP contribution < -0.4 is 5.32 Å². The molecule has 0 heterocycles. The Morgan fingerprint density at radius 3 is 2.44 bits per heavy atom. The highest BCUT2D eigenvalue weighted by molar-refractivity contribution is 5.69. The zero-order valence-electron chi connectivity index (χ0n) is 11.7. The Hall–Kier alpha value is -1.26. The highest BCUT2D eigenvalue weighted by Crippen LogP contribution is 2.02. The average molecular weight is 259 g/mol. The van der Waals surface area contributed by atoms with Gasteiger partial charge in [-0.2, -0.15) is 0 Å². The van der Waals surface area contributed by atoms with E-state index in [2.05, 4.69) is 5.32 Å². The Bertz CT molecular complexity index is 241. The van der Waals surface area contributed by atoms with E-state index in [0.717, 1.165) is 19.3 Å². The van der Waals surface area contributed by atoms with Crippen LogP contribution in [0.25, 0.3) is 0 Å². The standard InChI is InChI=1S/C13H25NO4/c1-4-17-13(16)14-9-7-5-6-8-12(15)18-10-11(2)3/h11H,4-10H2,1-3H3,(H,14,16). The van der Waals surface area contributed by atoms with Gasteiger partial charge in [0.25, 0.3) is 0 Å². The Labute approximate surface area is 109 Å². The maximum atomic E-state index is 11.3. The van der Waals surface area contributed by atoms with Gasteiger partial charge in [-0.3, -0.25) is 4.79 Å². The Morgan fingerprint density at radius 1 is 1.11 bits per heavy atom. The molecule has 0 aliphatic heterocycles. The van der Waals surface area contributed by atoms with E-state index in [1.165, 1.54) is 0 Å². The fraction of sp³-hybridized carbons (Fsp3) is 0.846. The van der Waals surface area contributed by atoms with Gasteiger partial charge in [0.1, 0.15) is 0 Å². The summed E-state index contributed by atoms with van der Waals surface area (Å²) >= 11 is 0. The summed E-state index contributed by atoms with van der Waals surface area (Å²) in [6, 6.07) is 0. The molecule has 5 nitrogen and oxygen atoms in total. The number of carbonyl (C=O) groups is 2. The zero-order chi connectivity index (χ0) is 13.8. The quantitative estimate of drug-likeness (QED) is 0.510. The summed E-state index contributed by atoms with van der Waals surface area (Å²) < 4.78 is 9.77. The molecule has 0 aliphatic rings. The average Bonchev–Trinajstić information content (AvgIpc) is 2.31. The Kier molecular flexibility index (Phi) is 10.1. The predicted octanol–water partition coefficient (Wildman–Crippen LogP) is 2.49. The summed E-state index contributed by atoms with van der Waals surface area (Å²) in [5.41, 5.74) is 0. The van der Waals surface area contributed by atoms with Crippen molar-refractivity contribution >= 4 is 12.1 Å². The van der Waals surface area contributed by atoms with Crippen molar-refractivity contribution in [1.82, 2.24) is 5.32 Å². The lowest BCUT2D eigenvalue weighted by Gasteiger charge is -2.07. The van der Waals surface area contributed by atoms with E-state index in [-0.39, 0.29) is 12.1 Å². The predicted molar refractivity (Wildman–Crippen MR) is 69.3 cm³/mol. The molecule has 106 valence electrons. The maximum Gasteiger partial charge on any atom is 0.407 e. The molecule has 0 unspecified atom stereocenters. The summed E-state index contributed by atoms with van der Waals surface area (Å²) in [7, 11) is 0. The summed E-state index contributed by atoms with van der Waals surface area (Å²) in [5.74, 6) is 0.241. The normalized spacial score (nSPS) is 10.2. The van der Waals surface area contributed by atoms with Gasteiger partial charge < -0.3 is 14.8 Å². The second kappa shape index (κ2) is 10.9. The largest absolute Gasteiger partial charge is 0.465 e. The van der Waals surface area contributed by atoms with Gasteiger partial charge in [0.15, 0.2) is 0 Å². The van der Waals surface area contributed by atoms with Crippen molar-refractivity contribution < 1.29 is 19.1 Å². The lowest BCUT2D eigenvalue weighted by Crippen LogP contribution is -2.25. The summed E-state index contributed by atoms with van der Waals surface area (Å²) in [4.78, 5) is 22.2. The first kappa shape index (κ1) is 16.7. The van der Waals surface area contributed by atoms with Crippen LogP contribution in [0, 0.1) is 5.92 Å². The van der Waals surface area contributed by atoms with E-state index in [1.807, 2.05) is 13.8 Å². The number of hydrogen-bond acceptors (Lipinski definition) is 4. The molecule has 0 aromatic carbocycles. The second-order valence-corrected chi connectivity index (χ2v) is 4.53. The lowest BCUT2D eigenvalue weighted by atomic mass is 10.2. The van der Waals surface area contributed by atoms with Gasteiger partial charge in [0.2, 0.25) is 0 Å². The van der Waals surface area contributed by atoms with Gasteiger partial charge in [-0.1, -0.05) is 20.3 Å². The molecule has 0 rings (SSSR count). The van der Waals surface area contributed by atoms with Crippen LogP contribution >= 0.6 is 0 Å². The molecular weight excluding hydrogens is 234 g/mol. The fourth-order valence-electron chi connectivity index (χ4n) is 1.28. The first-order chi connectivity index (χ1) is 8.56. The molecule has 0 fully saturated rings. The molecule has 1 N–H and O–H groups in total. The third-order valence-corrected chi connectivity index (χ3v) is 2.18. The molecule has 0 atom stereocenters. The van der Waals surface area contributed by atoms with E-state index < -0.39 is 0 Å². The van der Waals surface area contributed by atoms with E-state index >= 15 is 0 Å². The van der Waals surface area contributed by atoms with E-state index in [1.54, 1.807) is 6.92 Å². The van der Waals surface area contributed by atoms with E-state index in [9.17, 15) is 9.59 Å². The molecule has 18 heavy (non-hydrogen) atoms. The number of hydrogen-bond donors (Lipinski definition) is 1. The minimum absolute atomic E-state index is 0.137. The number of ether oxygens (including phenoxy) is 2. The molecule has 5 heteroatoms. The van der Waals surface area contributed by atoms with Crippen LogP contribution in [0.15, 0.2) is 0 Å². The van der Waals surface area contributed by atoms with Gasteiger partial charge in [0.05, 0.1) is 13.2 Å². The molecule has 0 saturated heterocycles. The van der Waals surface area contributed by atoms with Crippen LogP contribution in [-0.2, 0) is 14.3 Å². The molecule has 1 amide bonds. The van der Waals surface area contributed by atoms with Crippen LogP contribution in [0.1, 0.15) is 46.5 Å². The van der Waals surface area contributed by atoms with Gasteiger partial charge in [-0.05, 0) is 25.7 Å². The Balaban J connectivity index is 3.29. The van der Waals surface area contributed by atoms with Crippen molar-refractivity contribution in [2.24, 2.45) is 5.92 Å². The van der Waals surface area contributed by atoms with Crippen LogP contribution in [0.2, 0.25) is 0 Å². The third kappa shape index (κ3) is 11.2. The smallest absolute Gasteiger partial charge is 0.407 e. The maximum absolute atomic E-state index is 11.3. The van der Waals surface area contributed by atoms with E-state index in [4.69, 9.17) is 9.47 Å². The van der Waals surface area contributed by atoms with Crippen molar-refractivity contribution in [3.05, 3.63) is 0 Å². The number of nitrogens with one attached hydrogen (secondary N) is 1. The SMILES string of the molecule is CCOC(=O)NCCCCCC(=O)OCC(C)C. The molecule has 0 aliphatic carbocycles. The molecular formula is C13H25NO4. The summed E-state index contributed by atoms with van der Waals surface area (Å²) in [5, 5.41) is 2.63. The molecule has 0 saturated carbocycles. The van der Waals surface area contributed by atoms with Crippen LogP contribution in [0.4, 0.5) is 4.79 Å². The monoisotopic (exact) mass is 259 g/mol. The zero-order valence-corrected chi connectivity index (χ0v) is 11.7. The van der Waals surface area contributed by atoms with Crippen molar-refractivity contribution in [2.45, 2.75) is 46.5 Å². The van der Waals surface area contributed by atoms with Gasteiger partial charge in [0, 0.05) is 13.0 Å². The highest BCUT2D eigenvalue weighted by Gasteiger charge is 2.04. The van der Waals surface area contributed by atoms with Crippen molar-refractivity contribution in [3.63, 3.8) is 0 Å². The number of amides is 1. The molecule has 0 radical (unpaired) electrons. The van der Waals surface area contributed by atoms with Crippen LogP contribution in [0.5, 0.6) is 0 Å². The number of alkyl carbamates (subject to hydrolysis) is 1. The molecule has 0 aromatic heterocycles. The molecule has 0 spiro atoms. The minimum atomic E-state index is -0.381. The topological polar surface area (TPSA) is 64.6 Å². The lowest BCUT2D eigenvalue weighted by molar-refractivity contribution is -0.144. The highest BCUT2D eigenvalue weighted by atomic mass is 16.5. The van der Waals surface area contributed by atoms with Gasteiger partial charge in [-0.25, -0.2) is 4.79 Å². The van der Waals surface area contributed by atoms with E-state index in [0.29, 0.717) is 32.1 Å². The minimum Gasteiger partial charge on any atom is -0.465 e. The van der Waals surface area contributed by atoms with Crippen molar-refractivity contribution in [1.29, 1.82) is 0 Å². The molecule has 0 aromatic rings. The third-order valence-electron chi connectivity index (χ3n) is 2.18.